The molecule has 2 aliphatic rings. The van der Waals surface area contributed by atoms with Gasteiger partial charge in [0, 0.05) is 24.7 Å². The minimum Gasteiger partial charge on any atom is -0.495 e. The molecule has 1 saturated carbocycles. The summed E-state index contributed by atoms with van der Waals surface area (Å²) in [5.74, 6) is 2.06. The van der Waals surface area contributed by atoms with Gasteiger partial charge in [0.2, 0.25) is 0 Å². The molecule has 2 fully saturated rings. The largest absolute Gasteiger partial charge is 0.495 e. The fourth-order valence-corrected chi connectivity index (χ4v) is 5.27. The number of imidazole rings is 1. The number of amides is 1. The molecule has 33 heavy (non-hydrogen) atoms. The summed E-state index contributed by atoms with van der Waals surface area (Å²) in [5.41, 5.74) is 10.8. The van der Waals surface area contributed by atoms with E-state index < -0.39 is 0 Å². The Morgan fingerprint density at radius 3 is 2.79 bits per heavy atom. The molecule has 4 rings (SSSR count). The van der Waals surface area contributed by atoms with Crippen LogP contribution in [0.15, 0.2) is 42.0 Å². The van der Waals surface area contributed by atoms with Gasteiger partial charge in [-0.1, -0.05) is 38.2 Å². The first kappa shape index (κ1) is 23.2. The van der Waals surface area contributed by atoms with E-state index in [9.17, 15) is 4.79 Å². The SMILES string of the molecule is COc1cc(/C(=C/[NH2+]C2CC(C3CCCCC3)CCNC2=O)N=N)ccc1-n1cnc(C)c1. The first-order valence-electron chi connectivity index (χ1n) is 12.0. The second-order valence-corrected chi connectivity index (χ2v) is 9.25. The van der Waals surface area contributed by atoms with Gasteiger partial charge in [0.15, 0.2) is 6.04 Å². The molecule has 176 valence electrons. The summed E-state index contributed by atoms with van der Waals surface area (Å²) in [6.45, 7) is 2.70. The lowest BCUT2D eigenvalue weighted by Crippen LogP contribution is -2.88. The number of hydrogen-bond donors (Lipinski definition) is 3. The normalized spacial score (nSPS) is 22.5. The van der Waals surface area contributed by atoms with E-state index in [0.29, 0.717) is 17.4 Å². The highest BCUT2D eigenvalue weighted by molar-refractivity contribution is 5.80. The van der Waals surface area contributed by atoms with E-state index >= 15 is 0 Å². The van der Waals surface area contributed by atoms with E-state index in [1.54, 1.807) is 13.4 Å². The standard InChI is InChI=1S/C25H34N6O2/c1-17-15-31(16-29-17)23-9-8-20(13-24(23)33-2)22(30-26)14-28-21-12-19(10-11-27-25(21)32)18-6-4-3-5-7-18/h8-9,13-16,18-19,21,26,28H,3-7,10-12H2,1-2H3,(H,27,32)/p+1/b22-14-,30-26?. The van der Waals surface area contributed by atoms with E-state index in [1.165, 1.54) is 32.1 Å². The van der Waals surface area contributed by atoms with Crippen molar-refractivity contribution in [2.24, 2.45) is 17.0 Å². The summed E-state index contributed by atoms with van der Waals surface area (Å²) in [7, 11) is 1.63. The highest BCUT2D eigenvalue weighted by Gasteiger charge is 2.33. The van der Waals surface area contributed by atoms with Crippen molar-refractivity contribution in [2.75, 3.05) is 13.7 Å². The summed E-state index contributed by atoms with van der Waals surface area (Å²) >= 11 is 0. The molecule has 1 aliphatic heterocycles. The maximum absolute atomic E-state index is 12.7. The lowest BCUT2D eigenvalue weighted by molar-refractivity contribution is -0.613. The van der Waals surface area contributed by atoms with Crippen LogP contribution in [0.25, 0.3) is 11.4 Å². The van der Waals surface area contributed by atoms with Gasteiger partial charge in [-0.3, -0.25) is 4.79 Å². The number of nitrogens with two attached hydrogens (primary N) is 1. The smallest absolute Gasteiger partial charge is 0.278 e. The molecule has 2 unspecified atom stereocenters. The Hall–Kier alpha value is -3.00. The molecule has 1 aromatic carbocycles. The van der Waals surface area contributed by atoms with Crippen LogP contribution >= 0.6 is 0 Å². The van der Waals surface area contributed by atoms with E-state index in [-0.39, 0.29) is 11.9 Å². The minimum absolute atomic E-state index is 0.0808. The van der Waals surface area contributed by atoms with Crippen molar-refractivity contribution in [2.45, 2.75) is 57.9 Å². The first-order valence-corrected chi connectivity index (χ1v) is 12.0. The van der Waals surface area contributed by atoms with Crippen LogP contribution in [-0.4, -0.2) is 35.2 Å². The van der Waals surface area contributed by atoms with Gasteiger partial charge in [-0.05, 0) is 37.3 Å². The number of benzene rings is 1. The summed E-state index contributed by atoms with van der Waals surface area (Å²) in [6.07, 6.45) is 14.0. The van der Waals surface area contributed by atoms with Gasteiger partial charge in [-0.2, -0.15) is 5.11 Å². The third-order valence-corrected chi connectivity index (χ3v) is 7.10. The number of aromatic nitrogens is 2. The molecule has 8 heteroatoms. The lowest BCUT2D eigenvalue weighted by atomic mass is 9.76. The van der Waals surface area contributed by atoms with Gasteiger partial charge >= 0.3 is 0 Å². The van der Waals surface area contributed by atoms with Crippen molar-refractivity contribution in [1.29, 1.82) is 5.53 Å². The molecular formula is C25H35N6O2+. The van der Waals surface area contributed by atoms with Crippen molar-refractivity contribution in [1.82, 2.24) is 14.9 Å². The molecule has 1 saturated heterocycles. The lowest BCUT2D eigenvalue weighted by Gasteiger charge is -2.29. The molecule has 2 heterocycles. The zero-order valence-corrected chi connectivity index (χ0v) is 19.6. The van der Waals surface area contributed by atoms with Gasteiger partial charge in [-0.25, -0.2) is 10.5 Å². The Balaban J connectivity index is 1.51. The Morgan fingerprint density at radius 1 is 1.27 bits per heavy atom. The number of quaternary nitrogens is 1. The Kier molecular flexibility index (Phi) is 7.54. The van der Waals surface area contributed by atoms with Crippen LogP contribution in [0, 0.1) is 24.3 Å². The number of carbonyl (C=O) groups is 1. The third-order valence-electron chi connectivity index (χ3n) is 7.10. The summed E-state index contributed by atoms with van der Waals surface area (Å²) < 4.78 is 7.51. The third kappa shape index (κ3) is 5.50. The molecule has 1 aromatic heterocycles. The van der Waals surface area contributed by atoms with Gasteiger partial charge in [0.05, 0.1) is 24.8 Å². The number of carbonyl (C=O) groups excluding carboxylic acids is 1. The fourth-order valence-electron chi connectivity index (χ4n) is 5.27. The van der Waals surface area contributed by atoms with Gasteiger partial charge in [-0.15, -0.1) is 0 Å². The van der Waals surface area contributed by atoms with Crippen molar-refractivity contribution < 1.29 is 14.8 Å². The van der Waals surface area contributed by atoms with Crippen LogP contribution in [0.3, 0.4) is 0 Å². The van der Waals surface area contributed by atoms with Crippen molar-refractivity contribution >= 4 is 11.6 Å². The summed E-state index contributed by atoms with van der Waals surface area (Å²) in [6, 6.07) is 5.54. The number of hydrogen-bond acceptors (Lipinski definition) is 5. The second kappa shape index (κ2) is 10.7. The van der Waals surface area contributed by atoms with Crippen molar-refractivity contribution in [3.63, 3.8) is 0 Å². The molecule has 1 aliphatic carbocycles. The minimum atomic E-state index is -0.189. The Morgan fingerprint density at radius 2 is 2.09 bits per heavy atom. The van der Waals surface area contributed by atoms with Crippen LogP contribution < -0.4 is 15.4 Å². The van der Waals surface area contributed by atoms with Crippen LogP contribution in [0.1, 0.15) is 56.2 Å². The number of ether oxygens (including phenoxy) is 1. The molecular weight excluding hydrogens is 416 g/mol. The maximum Gasteiger partial charge on any atom is 0.278 e. The quantitative estimate of drug-likeness (QED) is 0.560. The van der Waals surface area contributed by atoms with Crippen LogP contribution in [-0.2, 0) is 4.79 Å². The van der Waals surface area contributed by atoms with Gasteiger partial charge in [0.25, 0.3) is 5.91 Å². The van der Waals surface area contributed by atoms with E-state index in [0.717, 1.165) is 42.2 Å². The molecule has 1 amide bonds. The average Bonchev–Trinajstić information content (AvgIpc) is 3.19. The molecule has 0 spiro atoms. The molecule has 2 atom stereocenters. The van der Waals surface area contributed by atoms with Crippen LogP contribution in [0.2, 0.25) is 0 Å². The molecule has 0 radical (unpaired) electrons. The average molecular weight is 452 g/mol. The van der Waals surface area contributed by atoms with E-state index in [1.807, 2.05) is 47.4 Å². The number of nitrogens with zero attached hydrogens (tertiary/aromatic N) is 3. The number of methoxy groups -OCH3 is 1. The first-order chi connectivity index (χ1) is 16.1. The highest BCUT2D eigenvalue weighted by Crippen LogP contribution is 2.34. The van der Waals surface area contributed by atoms with Gasteiger partial charge < -0.3 is 19.9 Å². The van der Waals surface area contributed by atoms with Crippen LogP contribution in [0.4, 0.5) is 0 Å². The molecule has 2 aromatic rings. The Bertz CT molecular complexity index is 1010. The Labute approximate surface area is 195 Å². The second-order valence-electron chi connectivity index (χ2n) is 9.25. The predicted molar refractivity (Wildman–Crippen MR) is 126 cm³/mol. The number of nitrogens with one attached hydrogen (secondary N) is 2. The number of aryl methyl sites for hydroxylation is 1. The maximum atomic E-state index is 12.7. The monoisotopic (exact) mass is 451 g/mol. The van der Waals surface area contributed by atoms with E-state index in [4.69, 9.17) is 10.3 Å². The number of rotatable bonds is 7. The molecule has 0 bridgehead atoms. The van der Waals surface area contributed by atoms with E-state index in [2.05, 4.69) is 15.4 Å². The zero-order valence-electron chi connectivity index (χ0n) is 19.6. The van der Waals surface area contributed by atoms with Gasteiger partial charge in [0.1, 0.15) is 17.6 Å². The molecule has 4 N–H and O–H groups in total. The van der Waals surface area contributed by atoms with Crippen LogP contribution in [0.5, 0.6) is 5.75 Å². The van der Waals surface area contributed by atoms with Crippen molar-refractivity contribution in [3.8, 4) is 11.4 Å². The van der Waals surface area contributed by atoms with Crippen molar-refractivity contribution in [3.05, 3.63) is 48.2 Å². The predicted octanol–water partition coefficient (Wildman–Crippen LogP) is 3.56. The summed E-state index contributed by atoms with van der Waals surface area (Å²) in [4.78, 5) is 17.0. The fraction of sp³-hybridized carbons (Fsp3) is 0.520. The highest BCUT2D eigenvalue weighted by atomic mass is 16.5. The zero-order chi connectivity index (χ0) is 23.2. The molecule has 8 nitrogen and oxygen atoms in total. The topological polar surface area (TPSA) is 109 Å². The summed E-state index contributed by atoms with van der Waals surface area (Å²) in [5, 5.41) is 8.77.